The third-order valence-electron chi connectivity index (χ3n) is 16.2. The lowest BCUT2D eigenvalue weighted by atomic mass is 9.55. The number of carbonyl (C=O) groups excluding carboxylic acids is 5. The molecule has 414 valence electrons. The van der Waals surface area contributed by atoms with E-state index >= 15 is 0 Å². The minimum atomic E-state index is -1.20. The molecular formula is C59H76Cl3N3O11. The van der Waals surface area contributed by atoms with Crippen LogP contribution in [0, 0.1) is 34.5 Å². The summed E-state index contributed by atoms with van der Waals surface area (Å²) in [5, 5.41) is 16.5. The van der Waals surface area contributed by atoms with E-state index in [1.54, 1.807) is 43.0 Å². The van der Waals surface area contributed by atoms with Crippen LogP contribution in [0.2, 0.25) is 5.02 Å². The van der Waals surface area contributed by atoms with Crippen molar-refractivity contribution in [1.82, 2.24) is 15.5 Å². The zero-order chi connectivity index (χ0) is 54.9. The quantitative estimate of drug-likeness (QED) is 0.0842. The van der Waals surface area contributed by atoms with E-state index in [1.165, 1.54) is 24.3 Å². The van der Waals surface area contributed by atoms with E-state index < -0.39 is 53.5 Å². The Bertz CT molecular complexity index is 2540. The number of carbonyl (C=O) groups is 5. The summed E-state index contributed by atoms with van der Waals surface area (Å²) >= 11 is 17.9. The van der Waals surface area contributed by atoms with Crippen molar-refractivity contribution in [2.75, 3.05) is 38.5 Å². The fourth-order valence-electron chi connectivity index (χ4n) is 11.7. The molecule has 3 amide bonds. The molecule has 2 heterocycles. The van der Waals surface area contributed by atoms with Crippen LogP contribution in [0.1, 0.15) is 121 Å². The van der Waals surface area contributed by atoms with E-state index in [0.717, 1.165) is 44.1 Å². The van der Waals surface area contributed by atoms with Gasteiger partial charge in [-0.15, -0.1) is 23.2 Å². The second-order valence-electron chi connectivity index (χ2n) is 22.4. The molecule has 3 aromatic carbocycles. The van der Waals surface area contributed by atoms with Crippen LogP contribution < -0.4 is 20.1 Å². The number of aliphatic hydroxyl groups is 1. The number of hydrogen-bond donors (Lipinski definition) is 3. The molecule has 2 aliphatic heterocycles. The topological polar surface area (TPSA) is 182 Å². The average molecular weight is 1110 g/mol. The Labute approximate surface area is 463 Å². The van der Waals surface area contributed by atoms with E-state index in [4.69, 9.17) is 58.5 Å². The molecule has 0 unspecified atom stereocenters. The number of hydrogen-bond acceptors (Lipinski definition) is 11. The minimum absolute atomic E-state index is 0.0228. The van der Waals surface area contributed by atoms with Gasteiger partial charge in [0.2, 0.25) is 11.8 Å². The highest BCUT2D eigenvalue weighted by Crippen LogP contribution is 2.61. The number of methoxy groups -OCH3 is 1. The molecule has 3 fully saturated rings. The van der Waals surface area contributed by atoms with Gasteiger partial charge in [0.15, 0.2) is 6.10 Å². The normalized spacial score (nSPS) is 29.1. The number of ether oxygens (including phenoxy) is 5. The van der Waals surface area contributed by atoms with Crippen LogP contribution in [0.3, 0.4) is 0 Å². The summed E-state index contributed by atoms with van der Waals surface area (Å²) in [6, 6.07) is 20.1. The number of amides is 3. The van der Waals surface area contributed by atoms with Crippen LogP contribution in [-0.2, 0) is 46.2 Å². The summed E-state index contributed by atoms with van der Waals surface area (Å²) < 4.78 is 28.7. The Morgan fingerprint density at radius 3 is 2.34 bits per heavy atom. The maximum absolute atomic E-state index is 13.6. The highest BCUT2D eigenvalue weighted by atomic mass is 35.5. The number of benzene rings is 3. The second-order valence-corrected chi connectivity index (χ2v) is 23.6. The van der Waals surface area contributed by atoms with Crippen LogP contribution in [0.4, 0.5) is 4.79 Å². The van der Waals surface area contributed by atoms with Crippen LogP contribution in [0.15, 0.2) is 78.9 Å². The second kappa shape index (κ2) is 26.2. The van der Waals surface area contributed by atoms with Crippen molar-refractivity contribution in [2.45, 2.75) is 142 Å². The van der Waals surface area contributed by atoms with E-state index in [-0.39, 0.29) is 61.4 Å². The van der Waals surface area contributed by atoms with Crippen molar-refractivity contribution >= 4 is 64.6 Å². The standard InChI is InChI=1S/C36H45ClN2O8.C23H31Cl2NO3/c1-21(2)17-29-34(42)45-27(22(3)31-32(47-31)24-11-8-7-9-12-24)13-10-14-30(40)39-26(19-23-15-16-28(44-6)25(37)18-23)33(41)38-20-36(4,5)35(43)46-29;1-23-9-8-18-17-5-3-16(29-22(28)26(12-10-24)13-11-25)14-15(17)2-4-19(18)20(23)6-7-21(23)27/h7-12,14-16,18,21-22,26-27,29,31-32H,13,17,19-20H2,1-6H3,(H,38,41)(H,39,40);3,5,14,18-21,27H,2,4,6-13H2,1H3/b14-10+;/t22-,26+,27-,29-,31+,32-;18-,19-,20+,21+,23+/m01/s1. The molecule has 0 spiro atoms. The first-order valence-corrected chi connectivity index (χ1v) is 28.3. The van der Waals surface area contributed by atoms with Crippen LogP contribution in [0.5, 0.6) is 11.5 Å². The largest absolute Gasteiger partial charge is 0.495 e. The summed E-state index contributed by atoms with van der Waals surface area (Å²) in [5.74, 6) is 1.10. The average Bonchev–Trinajstić information content (AvgIpc) is 4.17. The summed E-state index contributed by atoms with van der Waals surface area (Å²) in [6.45, 7) is 12.1. The summed E-state index contributed by atoms with van der Waals surface area (Å²) in [5.41, 5.74) is 3.35. The number of esters is 2. The molecule has 8 rings (SSSR count). The monoisotopic (exact) mass is 1110 g/mol. The number of nitrogens with one attached hydrogen (secondary N) is 2. The van der Waals surface area contributed by atoms with Gasteiger partial charge in [-0.3, -0.25) is 14.4 Å². The predicted molar refractivity (Wildman–Crippen MR) is 293 cm³/mol. The highest BCUT2D eigenvalue weighted by molar-refractivity contribution is 6.32. The van der Waals surface area contributed by atoms with Gasteiger partial charge in [0.25, 0.3) is 0 Å². The minimum Gasteiger partial charge on any atom is -0.495 e. The Hall–Kier alpha value is -4.86. The summed E-state index contributed by atoms with van der Waals surface area (Å²) in [6.07, 6.45) is 7.32. The van der Waals surface area contributed by atoms with E-state index in [0.29, 0.717) is 64.7 Å². The maximum atomic E-state index is 13.6. The Balaban J connectivity index is 0.000000247. The zero-order valence-corrected chi connectivity index (χ0v) is 47.1. The summed E-state index contributed by atoms with van der Waals surface area (Å²) in [7, 11) is 1.51. The lowest BCUT2D eigenvalue weighted by molar-refractivity contribution is -0.179. The maximum Gasteiger partial charge on any atom is 0.415 e. The first-order valence-electron chi connectivity index (χ1n) is 26.9. The molecule has 1 saturated heterocycles. The number of alkyl halides is 2. The molecule has 3 aromatic rings. The lowest BCUT2D eigenvalue weighted by Crippen LogP contribution is -2.51. The molecule has 76 heavy (non-hydrogen) atoms. The Morgan fingerprint density at radius 1 is 0.921 bits per heavy atom. The van der Waals surface area contributed by atoms with Gasteiger partial charge in [-0.25, -0.2) is 9.59 Å². The third-order valence-corrected chi connectivity index (χ3v) is 16.9. The van der Waals surface area contributed by atoms with Gasteiger partial charge < -0.3 is 44.3 Å². The zero-order valence-electron chi connectivity index (χ0n) is 44.9. The number of epoxide rings is 1. The van der Waals surface area contributed by atoms with Gasteiger partial charge in [-0.1, -0.05) is 87.8 Å². The SMILES string of the molecule is COc1ccc(C[C@H]2NC(=O)/C=C/C[C@@H]([C@H](C)[C@H]3O[C@H]3c3ccccc3)OC(=O)[C@H](CC(C)C)OC(=O)C(C)(C)CNC2=O)cc1Cl.C[C@]12CC[C@@H]3c4ccc(OC(=O)N(CCCl)CCCl)cc4CC[C@H]3[C@@H]1CC[C@@H]2O. The fraction of sp³-hybridized carbons (Fsp3) is 0.576. The van der Waals surface area contributed by atoms with Crippen molar-refractivity contribution in [1.29, 1.82) is 0 Å². The molecule has 14 nitrogen and oxygen atoms in total. The van der Waals surface area contributed by atoms with Gasteiger partial charge in [-0.2, -0.15) is 0 Å². The molecule has 0 aromatic heterocycles. The number of halogens is 3. The van der Waals surface area contributed by atoms with Crippen LogP contribution in [-0.4, -0.2) is 109 Å². The molecule has 3 aliphatic carbocycles. The lowest BCUT2D eigenvalue weighted by Gasteiger charge is -2.50. The molecule has 2 saturated carbocycles. The van der Waals surface area contributed by atoms with Gasteiger partial charge in [0.05, 0.1) is 29.8 Å². The highest BCUT2D eigenvalue weighted by Gasteiger charge is 2.54. The van der Waals surface area contributed by atoms with Gasteiger partial charge in [0, 0.05) is 50.2 Å². The van der Waals surface area contributed by atoms with Crippen molar-refractivity contribution in [3.05, 3.63) is 106 Å². The third kappa shape index (κ3) is 14.4. The molecule has 17 heteroatoms. The first kappa shape index (κ1) is 58.8. The number of cyclic esters (lactones) is 2. The number of rotatable bonds is 13. The Kier molecular flexibility index (Phi) is 20.3. The van der Waals surface area contributed by atoms with Crippen molar-refractivity contribution in [3.63, 3.8) is 0 Å². The number of aryl methyl sites for hydroxylation is 1. The van der Waals surface area contributed by atoms with Crippen molar-refractivity contribution in [3.8, 4) is 11.5 Å². The van der Waals surface area contributed by atoms with E-state index in [2.05, 4.69) is 23.6 Å². The van der Waals surface area contributed by atoms with E-state index in [1.807, 2.05) is 63.2 Å². The van der Waals surface area contributed by atoms with Crippen molar-refractivity contribution < 1.29 is 52.8 Å². The molecular weight excluding hydrogens is 1030 g/mol. The Morgan fingerprint density at radius 2 is 1.66 bits per heavy atom. The number of fused-ring (bicyclic) bond motifs is 5. The molecule has 0 radical (unpaired) electrons. The molecule has 11 atom stereocenters. The van der Waals surface area contributed by atoms with Crippen LogP contribution in [0.25, 0.3) is 0 Å². The van der Waals surface area contributed by atoms with E-state index in [9.17, 15) is 29.1 Å². The smallest absolute Gasteiger partial charge is 0.415 e. The van der Waals surface area contributed by atoms with Crippen molar-refractivity contribution in [2.24, 2.45) is 34.5 Å². The van der Waals surface area contributed by atoms with Gasteiger partial charge in [0.1, 0.15) is 29.7 Å². The molecule has 3 N–H and O–H groups in total. The number of aliphatic hydroxyl groups excluding tert-OH is 1. The number of nitrogens with zero attached hydrogens (tertiary/aromatic N) is 1. The molecule has 0 bridgehead atoms. The summed E-state index contributed by atoms with van der Waals surface area (Å²) in [4.78, 5) is 67.6. The fourth-order valence-corrected chi connectivity index (χ4v) is 12.4. The first-order chi connectivity index (χ1) is 36.3. The van der Waals surface area contributed by atoms with Gasteiger partial charge in [-0.05, 0) is 140 Å². The van der Waals surface area contributed by atoms with Crippen LogP contribution >= 0.6 is 34.8 Å². The predicted octanol–water partition coefficient (Wildman–Crippen LogP) is 10.3. The van der Waals surface area contributed by atoms with Gasteiger partial charge >= 0.3 is 18.0 Å². The molecule has 5 aliphatic rings.